The molecule has 2 rings (SSSR count). The third-order valence-corrected chi connectivity index (χ3v) is 3.60. The maximum absolute atomic E-state index is 9.51. The molecule has 106 valence electrons. The molecule has 0 atom stereocenters. The van der Waals surface area contributed by atoms with E-state index in [1.165, 1.54) is 38.9 Å². The fourth-order valence-electron chi connectivity index (χ4n) is 2.50. The Hall–Kier alpha value is -1.26. The van der Waals surface area contributed by atoms with E-state index in [0.717, 1.165) is 18.7 Å². The van der Waals surface area contributed by atoms with Gasteiger partial charge >= 0.3 is 0 Å². The molecular weight excluding hydrogens is 240 g/mol. The molecule has 4 heteroatoms. The molecule has 1 saturated heterocycles. The van der Waals surface area contributed by atoms with E-state index in [9.17, 15) is 5.11 Å². The highest BCUT2D eigenvalue weighted by Crippen LogP contribution is 2.26. The van der Waals surface area contributed by atoms with Gasteiger partial charge in [-0.25, -0.2) is 0 Å². The SMILES string of the molecule is COc1cc(CNCCCN2CCCC2)ccc1O. The maximum atomic E-state index is 9.51. The number of hydrogen-bond donors (Lipinski definition) is 2. The van der Waals surface area contributed by atoms with Crippen molar-refractivity contribution < 1.29 is 9.84 Å². The zero-order chi connectivity index (χ0) is 13.5. The van der Waals surface area contributed by atoms with E-state index in [-0.39, 0.29) is 5.75 Å². The number of aromatic hydroxyl groups is 1. The van der Waals surface area contributed by atoms with Crippen LogP contribution >= 0.6 is 0 Å². The van der Waals surface area contributed by atoms with Gasteiger partial charge in [-0.3, -0.25) is 0 Å². The molecule has 0 saturated carbocycles. The van der Waals surface area contributed by atoms with Crippen LogP contribution < -0.4 is 10.1 Å². The van der Waals surface area contributed by atoms with Crippen molar-refractivity contribution in [1.29, 1.82) is 0 Å². The molecule has 1 aromatic carbocycles. The van der Waals surface area contributed by atoms with Crippen molar-refractivity contribution in [2.24, 2.45) is 0 Å². The number of methoxy groups -OCH3 is 1. The van der Waals surface area contributed by atoms with Crippen LogP contribution in [0, 0.1) is 0 Å². The van der Waals surface area contributed by atoms with E-state index in [4.69, 9.17) is 4.74 Å². The van der Waals surface area contributed by atoms with Gasteiger partial charge in [0, 0.05) is 6.54 Å². The summed E-state index contributed by atoms with van der Waals surface area (Å²) in [4.78, 5) is 2.53. The highest BCUT2D eigenvalue weighted by molar-refractivity contribution is 5.41. The van der Waals surface area contributed by atoms with E-state index in [1.807, 2.05) is 12.1 Å². The zero-order valence-electron chi connectivity index (χ0n) is 11.7. The number of hydrogen-bond acceptors (Lipinski definition) is 4. The topological polar surface area (TPSA) is 44.7 Å². The molecule has 0 aliphatic carbocycles. The van der Waals surface area contributed by atoms with Crippen molar-refractivity contribution >= 4 is 0 Å². The number of benzene rings is 1. The van der Waals surface area contributed by atoms with E-state index in [0.29, 0.717) is 5.75 Å². The molecule has 2 N–H and O–H groups in total. The summed E-state index contributed by atoms with van der Waals surface area (Å²) >= 11 is 0. The second kappa shape index (κ2) is 7.36. The van der Waals surface area contributed by atoms with Crippen molar-refractivity contribution in [3.63, 3.8) is 0 Å². The molecule has 0 bridgehead atoms. The third kappa shape index (κ3) is 4.40. The Labute approximate surface area is 115 Å². The summed E-state index contributed by atoms with van der Waals surface area (Å²) in [5, 5.41) is 12.9. The molecule has 1 fully saturated rings. The largest absolute Gasteiger partial charge is 0.504 e. The number of ether oxygens (including phenoxy) is 1. The van der Waals surface area contributed by atoms with Gasteiger partial charge in [0.15, 0.2) is 11.5 Å². The van der Waals surface area contributed by atoms with Crippen LogP contribution in [0.15, 0.2) is 18.2 Å². The lowest BCUT2D eigenvalue weighted by Gasteiger charge is -2.14. The average molecular weight is 264 g/mol. The fraction of sp³-hybridized carbons (Fsp3) is 0.600. The van der Waals surface area contributed by atoms with E-state index < -0.39 is 0 Å². The summed E-state index contributed by atoms with van der Waals surface area (Å²) in [6, 6.07) is 5.48. The normalized spacial score (nSPS) is 15.8. The minimum Gasteiger partial charge on any atom is -0.504 e. The second-order valence-corrected chi connectivity index (χ2v) is 5.09. The lowest BCUT2D eigenvalue weighted by molar-refractivity contribution is 0.331. The fourth-order valence-corrected chi connectivity index (χ4v) is 2.50. The molecule has 1 heterocycles. The van der Waals surface area contributed by atoms with Gasteiger partial charge in [-0.1, -0.05) is 6.07 Å². The van der Waals surface area contributed by atoms with Crippen LogP contribution in [0.1, 0.15) is 24.8 Å². The van der Waals surface area contributed by atoms with Crippen LogP contribution in [0.3, 0.4) is 0 Å². The molecule has 19 heavy (non-hydrogen) atoms. The first kappa shape index (κ1) is 14.2. The van der Waals surface area contributed by atoms with Crippen molar-refractivity contribution in [3.05, 3.63) is 23.8 Å². The molecule has 1 aliphatic heterocycles. The van der Waals surface area contributed by atoms with Crippen LogP contribution in [-0.2, 0) is 6.54 Å². The number of phenolic OH excluding ortho intramolecular Hbond substituents is 1. The molecule has 0 aromatic heterocycles. The first-order chi connectivity index (χ1) is 9.29. The Balaban J connectivity index is 1.64. The van der Waals surface area contributed by atoms with Gasteiger partial charge in [0.2, 0.25) is 0 Å². The Morgan fingerprint density at radius 1 is 1.32 bits per heavy atom. The van der Waals surface area contributed by atoms with Gasteiger partial charge in [-0.15, -0.1) is 0 Å². The predicted octanol–water partition coefficient (Wildman–Crippen LogP) is 1.98. The lowest BCUT2D eigenvalue weighted by Crippen LogP contribution is -2.24. The van der Waals surface area contributed by atoms with Crippen LogP contribution in [0.4, 0.5) is 0 Å². The van der Waals surface area contributed by atoms with Crippen LogP contribution in [0.5, 0.6) is 11.5 Å². The zero-order valence-corrected chi connectivity index (χ0v) is 11.7. The lowest BCUT2D eigenvalue weighted by atomic mass is 10.2. The van der Waals surface area contributed by atoms with Crippen molar-refractivity contribution in [3.8, 4) is 11.5 Å². The van der Waals surface area contributed by atoms with Gasteiger partial charge < -0.3 is 20.1 Å². The Morgan fingerprint density at radius 3 is 2.84 bits per heavy atom. The van der Waals surface area contributed by atoms with Gasteiger partial charge in [0.1, 0.15) is 0 Å². The molecular formula is C15H24N2O2. The molecule has 0 amide bonds. The molecule has 0 unspecified atom stereocenters. The average Bonchev–Trinajstić information content (AvgIpc) is 2.93. The highest BCUT2D eigenvalue weighted by Gasteiger charge is 2.09. The standard InChI is InChI=1S/C15H24N2O2/c1-19-15-11-13(5-6-14(15)18)12-16-7-4-10-17-8-2-3-9-17/h5-6,11,16,18H,2-4,7-10,12H2,1H3. The number of phenols is 1. The van der Waals surface area contributed by atoms with Crippen molar-refractivity contribution in [1.82, 2.24) is 10.2 Å². The summed E-state index contributed by atoms with van der Waals surface area (Å²) < 4.78 is 5.10. The molecule has 0 radical (unpaired) electrons. The summed E-state index contributed by atoms with van der Waals surface area (Å²) in [6.07, 6.45) is 3.91. The first-order valence-electron chi connectivity index (χ1n) is 7.08. The van der Waals surface area contributed by atoms with E-state index in [2.05, 4.69) is 10.2 Å². The highest BCUT2D eigenvalue weighted by atomic mass is 16.5. The Kier molecular flexibility index (Phi) is 5.48. The van der Waals surface area contributed by atoms with Crippen LogP contribution in [0.25, 0.3) is 0 Å². The molecule has 4 nitrogen and oxygen atoms in total. The van der Waals surface area contributed by atoms with Gasteiger partial charge in [-0.2, -0.15) is 0 Å². The third-order valence-electron chi connectivity index (χ3n) is 3.60. The number of nitrogens with one attached hydrogen (secondary N) is 1. The van der Waals surface area contributed by atoms with Crippen molar-refractivity contribution in [2.75, 3.05) is 33.3 Å². The number of likely N-dealkylation sites (tertiary alicyclic amines) is 1. The monoisotopic (exact) mass is 264 g/mol. The Morgan fingerprint density at radius 2 is 2.11 bits per heavy atom. The summed E-state index contributed by atoms with van der Waals surface area (Å²) in [7, 11) is 1.57. The van der Waals surface area contributed by atoms with E-state index in [1.54, 1.807) is 13.2 Å². The van der Waals surface area contributed by atoms with Crippen LogP contribution in [-0.4, -0.2) is 43.3 Å². The smallest absolute Gasteiger partial charge is 0.160 e. The summed E-state index contributed by atoms with van der Waals surface area (Å²) in [6.45, 7) is 5.59. The molecule has 0 spiro atoms. The molecule has 1 aromatic rings. The predicted molar refractivity (Wildman–Crippen MR) is 76.7 cm³/mol. The number of rotatable bonds is 7. The van der Waals surface area contributed by atoms with Gasteiger partial charge in [0.05, 0.1) is 7.11 Å². The van der Waals surface area contributed by atoms with Gasteiger partial charge in [-0.05, 0) is 63.1 Å². The van der Waals surface area contributed by atoms with Crippen LogP contribution in [0.2, 0.25) is 0 Å². The van der Waals surface area contributed by atoms with Crippen molar-refractivity contribution in [2.45, 2.75) is 25.8 Å². The second-order valence-electron chi connectivity index (χ2n) is 5.09. The Bertz CT molecular complexity index is 390. The number of nitrogens with zero attached hydrogens (tertiary/aromatic N) is 1. The van der Waals surface area contributed by atoms with Gasteiger partial charge in [0.25, 0.3) is 0 Å². The van der Waals surface area contributed by atoms with E-state index >= 15 is 0 Å². The maximum Gasteiger partial charge on any atom is 0.160 e. The summed E-state index contributed by atoms with van der Waals surface area (Å²) in [5.74, 6) is 0.733. The summed E-state index contributed by atoms with van der Waals surface area (Å²) in [5.41, 5.74) is 1.14. The quantitative estimate of drug-likeness (QED) is 0.739. The minimum atomic E-state index is 0.195. The minimum absolute atomic E-state index is 0.195. The first-order valence-corrected chi connectivity index (χ1v) is 7.08. The molecule has 1 aliphatic rings.